The monoisotopic (exact) mass is 590 g/mol. The van der Waals surface area contributed by atoms with E-state index in [2.05, 4.69) is 9.47 Å². The average molecular weight is 591 g/mol. The number of benzene rings is 2. The molecule has 2 aromatic rings. The molecule has 210 valence electrons. The molecule has 0 saturated carbocycles. The lowest BCUT2D eigenvalue weighted by Gasteiger charge is -2.42. The number of hydrogen-bond acceptors (Lipinski definition) is 7. The molecule has 4 rings (SSSR count). The van der Waals surface area contributed by atoms with Crippen molar-refractivity contribution in [2.75, 3.05) is 26.2 Å². The van der Waals surface area contributed by atoms with Crippen molar-refractivity contribution in [3.8, 4) is 11.5 Å². The summed E-state index contributed by atoms with van der Waals surface area (Å²) in [6, 6.07) is 7.33. The molecule has 2 aromatic carbocycles. The molecular formula is C21H20F6N2O7S2. The van der Waals surface area contributed by atoms with Crippen LogP contribution in [0.3, 0.4) is 0 Å². The molecule has 2 aliphatic rings. The molecule has 38 heavy (non-hydrogen) atoms. The summed E-state index contributed by atoms with van der Waals surface area (Å²) in [5.41, 5.74) is -1.38. The van der Waals surface area contributed by atoms with Crippen LogP contribution in [0.2, 0.25) is 0 Å². The Morgan fingerprint density at radius 1 is 0.684 bits per heavy atom. The van der Waals surface area contributed by atoms with Gasteiger partial charge in [0.2, 0.25) is 20.0 Å². The Bertz CT molecular complexity index is 1350. The fourth-order valence-corrected chi connectivity index (χ4v) is 7.47. The quantitative estimate of drug-likeness (QED) is 0.473. The van der Waals surface area contributed by atoms with Gasteiger partial charge in [0.05, 0.1) is 16.4 Å². The van der Waals surface area contributed by atoms with Crippen LogP contribution in [0.15, 0.2) is 58.3 Å². The number of alkyl halides is 6. The fourth-order valence-electron chi connectivity index (χ4n) is 4.31. The SMILES string of the molecule is O=S(=O)(c1ccc(OC(F)(F)F)cc1)N1CCC2(CC1)OCCN2S(=O)(=O)c1ccc(OC(F)(F)F)cc1. The van der Waals surface area contributed by atoms with Gasteiger partial charge in [-0.25, -0.2) is 16.8 Å². The van der Waals surface area contributed by atoms with Crippen LogP contribution in [0.25, 0.3) is 0 Å². The molecule has 0 unspecified atom stereocenters. The zero-order chi connectivity index (χ0) is 28.0. The van der Waals surface area contributed by atoms with Crippen molar-refractivity contribution >= 4 is 20.0 Å². The van der Waals surface area contributed by atoms with Gasteiger partial charge in [-0.05, 0) is 48.5 Å². The van der Waals surface area contributed by atoms with Crippen molar-refractivity contribution in [2.45, 2.75) is 41.1 Å². The maximum atomic E-state index is 13.3. The number of rotatable bonds is 6. The van der Waals surface area contributed by atoms with Crippen LogP contribution in [-0.2, 0) is 24.8 Å². The van der Waals surface area contributed by atoms with E-state index in [1.165, 1.54) is 0 Å². The summed E-state index contributed by atoms with van der Waals surface area (Å²) in [5.74, 6) is -1.19. The summed E-state index contributed by atoms with van der Waals surface area (Å²) >= 11 is 0. The molecule has 0 amide bonds. The normalized spacial score (nSPS) is 19.5. The number of ether oxygens (including phenoxy) is 3. The fraction of sp³-hybridized carbons (Fsp3) is 0.429. The van der Waals surface area contributed by atoms with Crippen molar-refractivity contribution < 1.29 is 57.4 Å². The molecule has 9 nitrogen and oxygen atoms in total. The average Bonchev–Trinajstić information content (AvgIpc) is 3.21. The van der Waals surface area contributed by atoms with E-state index < -0.39 is 50.0 Å². The van der Waals surface area contributed by atoms with Crippen LogP contribution >= 0.6 is 0 Å². The Labute approximate surface area is 213 Å². The predicted octanol–water partition coefficient (Wildman–Crippen LogP) is 3.69. The van der Waals surface area contributed by atoms with E-state index in [1.807, 2.05) is 0 Å². The smallest absolute Gasteiger partial charge is 0.406 e. The number of sulfonamides is 2. The van der Waals surface area contributed by atoms with Crippen LogP contribution in [-0.4, -0.2) is 70.1 Å². The van der Waals surface area contributed by atoms with Crippen molar-refractivity contribution in [1.29, 1.82) is 0 Å². The summed E-state index contributed by atoms with van der Waals surface area (Å²) in [7, 11) is -8.36. The van der Waals surface area contributed by atoms with E-state index in [1.54, 1.807) is 0 Å². The Morgan fingerprint density at radius 3 is 1.53 bits per heavy atom. The summed E-state index contributed by atoms with van der Waals surface area (Å²) < 4.78 is 142. The second kappa shape index (κ2) is 9.86. The Morgan fingerprint density at radius 2 is 1.11 bits per heavy atom. The molecule has 17 heteroatoms. The second-order valence-corrected chi connectivity index (χ2v) is 12.1. The third-order valence-corrected chi connectivity index (χ3v) is 9.84. The molecule has 0 bridgehead atoms. The van der Waals surface area contributed by atoms with Crippen molar-refractivity contribution in [1.82, 2.24) is 8.61 Å². The van der Waals surface area contributed by atoms with Crippen LogP contribution in [0.1, 0.15) is 12.8 Å². The highest BCUT2D eigenvalue weighted by molar-refractivity contribution is 7.89. The molecule has 0 radical (unpaired) electrons. The van der Waals surface area contributed by atoms with Gasteiger partial charge >= 0.3 is 12.7 Å². The summed E-state index contributed by atoms with van der Waals surface area (Å²) in [4.78, 5) is -0.575. The summed E-state index contributed by atoms with van der Waals surface area (Å²) in [6.07, 6.45) is -10.00. The minimum Gasteiger partial charge on any atom is -0.406 e. The van der Waals surface area contributed by atoms with Crippen molar-refractivity contribution in [3.05, 3.63) is 48.5 Å². The first-order valence-corrected chi connectivity index (χ1v) is 13.8. The third kappa shape index (κ3) is 6.01. The highest BCUT2D eigenvalue weighted by atomic mass is 32.2. The maximum Gasteiger partial charge on any atom is 0.573 e. The van der Waals surface area contributed by atoms with E-state index >= 15 is 0 Å². The zero-order valence-electron chi connectivity index (χ0n) is 19.2. The third-order valence-electron chi connectivity index (χ3n) is 5.96. The van der Waals surface area contributed by atoms with Gasteiger partial charge in [-0.2, -0.15) is 8.61 Å². The van der Waals surface area contributed by atoms with Gasteiger partial charge in [-0.1, -0.05) is 0 Å². The van der Waals surface area contributed by atoms with Gasteiger partial charge in [0, 0.05) is 32.5 Å². The molecule has 0 atom stereocenters. The molecule has 2 saturated heterocycles. The molecule has 0 N–H and O–H groups in total. The van der Waals surface area contributed by atoms with E-state index in [0.717, 1.165) is 57.1 Å². The number of hydrogen-bond donors (Lipinski definition) is 0. The molecular weight excluding hydrogens is 570 g/mol. The lowest BCUT2D eigenvalue weighted by molar-refractivity contribution is -0.275. The molecule has 0 aliphatic carbocycles. The first-order valence-electron chi connectivity index (χ1n) is 10.9. The second-order valence-electron chi connectivity index (χ2n) is 8.31. The van der Waals surface area contributed by atoms with Crippen molar-refractivity contribution in [3.63, 3.8) is 0 Å². The van der Waals surface area contributed by atoms with Gasteiger partial charge < -0.3 is 14.2 Å². The Balaban J connectivity index is 1.47. The number of nitrogens with zero attached hydrogens (tertiary/aromatic N) is 2. The number of piperidine rings is 1. The highest BCUT2D eigenvalue weighted by Gasteiger charge is 2.51. The van der Waals surface area contributed by atoms with Crippen LogP contribution in [0.4, 0.5) is 26.3 Å². The Kier molecular flexibility index (Phi) is 7.37. The molecule has 2 aliphatic heterocycles. The first-order chi connectivity index (χ1) is 17.5. The lowest BCUT2D eigenvalue weighted by atomic mass is 10.0. The van der Waals surface area contributed by atoms with Gasteiger partial charge in [0.15, 0.2) is 0 Å². The zero-order valence-corrected chi connectivity index (χ0v) is 20.8. The Hall–Kier alpha value is -2.60. The van der Waals surface area contributed by atoms with E-state index in [4.69, 9.17) is 4.74 Å². The lowest BCUT2D eigenvalue weighted by Crippen LogP contribution is -2.55. The van der Waals surface area contributed by atoms with Crippen LogP contribution in [0, 0.1) is 0 Å². The minimum absolute atomic E-state index is 0.0158. The summed E-state index contributed by atoms with van der Waals surface area (Å²) in [6.45, 7) is -0.362. The van der Waals surface area contributed by atoms with Crippen molar-refractivity contribution in [2.24, 2.45) is 0 Å². The largest absolute Gasteiger partial charge is 0.573 e. The van der Waals surface area contributed by atoms with Crippen LogP contribution < -0.4 is 9.47 Å². The summed E-state index contributed by atoms with van der Waals surface area (Å²) in [5, 5.41) is 0. The first kappa shape index (κ1) is 28.4. The standard InChI is InChI=1S/C21H20F6N2O7S2/c22-20(23,24)35-15-1-5-17(6-2-15)37(30,31)28-11-9-19(10-12-28)29(13-14-34-19)38(32,33)18-7-3-16(4-8-18)36-21(25,26)27/h1-8H,9-14H2. The molecule has 0 aromatic heterocycles. The molecule has 2 heterocycles. The molecule has 2 fully saturated rings. The van der Waals surface area contributed by atoms with Gasteiger partial charge in [0.1, 0.15) is 17.2 Å². The predicted molar refractivity (Wildman–Crippen MR) is 117 cm³/mol. The minimum atomic E-state index is -4.94. The van der Waals surface area contributed by atoms with E-state index in [-0.39, 0.29) is 48.9 Å². The highest BCUT2D eigenvalue weighted by Crippen LogP contribution is 2.40. The van der Waals surface area contributed by atoms with E-state index in [9.17, 15) is 43.2 Å². The number of halogens is 6. The van der Waals surface area contributed by atoms with E-state index in [0.29, 0.717) is 0 Å². The molecule has 1 spiro atoms. The maximum absolute atomic E-state index is 13.3. The van der Waals surface area contributed by atoms with Crippen LogP contribution in [0.5, 0.6) is 11.5 Å². The van der Waals surface area contributed by atoms with Gasteiger partial charge in [-0.15, -0.1) is 26.3 Å². The van der Waals surface area contributed by atoms with Gasteiger partial charge in [0.25, 0.3) is 0 Å². The topological polar surface area (TPSA) is 102 Å². The van der Waals surface area contributed by atoms with Gasteiger partial charge in [-0.3, -0.25) is 0 Å².